The number of piperidine rings is 1. The van der Waals surface area contributed by atoms with Crippen molar-refractivity contribution in [3.8, 4) is 0 Å². The molecule has 0 unspecified atom stereocenters. The lowest BCUT2D eigenvalue weighted by Crippen LogP contribution is -2.43. The molecule has 3 rings (SSSR count). The zero-order valence-electron chi connectivity index (χ0n) is 13.5. The van der Waals surface area contributed by atoms with Gasteiger partial charge in [-0.15, -0.1) is 0 Å². The van der Waals surface area contributed by atoms with Crippen LogP contribution in [0.3, 0.4) is 0 Å². The maximum absolute atomic E-state index is 6.02. The molecule has 2 nitrogen and oxygen atoms in total. The first kappa shape index (κ1) is 16.5. The summed E-state index contributed by atoms with van der Waals surface area (Å²) in [5.74, 6) is 0. The molecule has 0 aliphatic carbocycles. The van der Waals surface area contributed by atoms with E-state index >= 15 is 0 Å². The molecule has 0 aromatic heterocycles. The van der Waals surface area contributed by atoms with Gasteiger partial charge in [0.05, 0.1) is 0 Å². The van der Waals surface area contributed by atoms with Crippen LogP contribution in [0.25, 0.3) is 0 Å². The third-order valence-corrected chi connectivity index (χ3v) is 4.91. The predicted molar refractivity (Wildman–Crippen MR) is 97.9 cm³/mol. The molecule has 2 aromatic carbocycles. The second-order valence-corrected chi connectivity index (χ2v) is 6.75. The van der Waals surface area contributed by atoms with Crippen LogP contribution < -0.4 is 5.32 Å². The summed E-state index contributed by atoms with van der Waals surface area (Å²) in [5.41, 5.74) is 2.77. The third-order valence-electron chi connectivity index (χ3n) is 4.65. The van der Waals surface area contributed by atoms with Gasteiger partial charge < -0.3 is 5.32 Å². The van der Waals surface area contributed by atoms with Crippen molar-refractivity contribution >= 4 is 11.6 Å². The largest absolute Gasteiger partial charge is 0.317 e. The summed E-state index contributed by atoms with van der Waals surface area (Å²) in [7, 11) is 0. The highest BCUT2D eigenvalue weighted by atomic mass is 35.5. The first-order valence-electron chi connectivity index (χ1n) is 8.54. The Kier molecular flexibility index (Phi) is 6.09. The Balaban J connectivity index is 1.66. The quantitative estimate of drug-likeness (QED) is 0.857. The fourth-order valence-electron chi connectivity index (χ4n) is 3.30. The number of nitrogens with zero attached hydrogens (tertiary/aromatic N) is 1. The fraction of sp³-hybridized carbons (Fsp3) is 0.400. The summed E-state index contributed by atoms with van der Waals surface area (Å²) < 4.78 is 0. The van der Waals surface area contributed by atoms with Crippen LogP contribution in [0.4, 0.5) is 0 Å². The van der Waals surface area contributed by atoms with Crippen LogP contribution in [0.2, 0.25) is 5.02 Å². The van der Waals surface area contributed by atoms with Crippen molar-refractivity contribution in [1.82, 2.24) is 10.2 Å². The van der Waals surface area contributed by atoms with Gasteiger partial charge in [-0.1, -0.05) is 54.1 Å². The molecule has 122 valence electrons. The molecule has 1 saturated heterocycles. The molecule has 1 N–H and O–H groups in total. The highest BCUT2D eigenvalue weighted by molar-refractivity contribution is 6.30. The average Bonchev–Trinajstić information content (AvgIpc) is 2.62. The number of nitrogens with one attached hydrogen (secondary N) is 1. The van der Waals surface area contributed by atoms with E-state index in [0.717, 1.165) is 37.6 Å². The van der Waals surface area contributed by atoms with E-state index < -0.39 is 0 Å². The number of rotatable bonds is 6. The maximum atomic E-state index is 6.02. The monoisotopic (exact) mass is 328 g/mol. The molecule has 0 spiro atoms. The molecule has 23 heavy (non-hydrogen) atoms. The summed E-state index contributed by atoms with van der Waals surface area (Å²) in [6.07, 6.45) is 3.59. The molecule has 2 aromatic rings. The lowest BCUT2D eigenvalue weighted by molar-refractivity contribution is 0.155. The number of benzene rings is 2. The Hall–Kier alpha value is -1.35. The highest BCUT2D eigenvalue weighted by Crippen LogP contribution is 2.18. The van der Waals surface area contributed by atoms with Crippen LogP contribution in [0, 0.1) is 0 Å². The Bertz CT molecular complexity index is 576. The van der Waals surface area contributed by atoms with Crippen molar-refractivity contribution in [2.24, 2.45) is 0 Å². The van der Waals surface area contributed by atoms with Crippen LogP contribution in [0.1, 0.15) is 24.0 Å². The molecular weight excluding hydrogens is 304 g/mol. The third kappa shape index (κ3) is 5.07. The van der Waals surface area contributed by atoms with E-state index in [-0.39, 0.29) is 0 Å². The van der Waals surface area contributed by atoms with Crippen molar-refractivity contribution in [1.29, 1.82) is 0 Å². The standard InChI is InChI=1S/C20H25ClN2/c21-19-8-6-18(7-9-19)16-23(20-10-13-22-14-11-20)15-12-17-4-2-1-3-5-17/h1-9,20,22H,10-16H2. The molecular formula is C20H25ClN2. The van der Waals surface area contributed by atoms with Gasteiger partial charge >= 0.3 is 0 Å². The molecule has 1 aliphatic rings. The maximum Gasteiger partial charge on any atom is 0.0406 e. The van der Waals surface area contributed by atoms with Crippen molar-refractivity contribution in [2.75, 3.05) is 19.6 Å². The molecule has 1 heterocycles. The van der Waals surface area contributed by atoms with Crippen molar-refractivity contribution in [3.63, 3.8) is 0 Å². The molecule has 0 bridgehead atoms. The van der Waals surface area contributed by atoms with Crippen LogP contribution in [0.15, 0.2) is 54.6 Å². The van der Waals surface area contributed by atoms with E-state index in [4.69, 9.17) is 11.6 Å². The second kappa shape index (κ2) is 8.49. The van der Waals surface area contributed by atoms with Gasteiger partial charge in [0.15, 0.2) is 0 Å². The first-order valence-corrected chi connectivity index (χ1v) is 8.92. The Labute approximate surface area is 144 Å². The van der Waals surface area contributed by atoms with Crippen molar-refractivity contribution in [2.45, 2.75) is 31.8 Å². The molecule has 0 radical (unpaired) electrons. The van der Waals surface area contributed by atoms with Gasteiger partial charge in [-0.25, -0.2) is 0 Å². The lowest BCUT2D eigenvalue weighted by atomic mass is 10.0. The minimum absolute atomic E-state index is 0.677. The number of hydrogen-bond donors (Lipinski definition) is 1. The number of hydrogen-bond acceptors (Lipinski definition) is 2. The summed E-state index contributed by atoms with van der Waals surface area (Å²) in [4.78, 5) is 2.65. The van der Waals surface area contributed by atoms with Gasteiger partial charge in [0.25, 0.3) is 0 Å². The molecule has 3 heteroatoms. The van der Waals surface area contributed by atoms with E-state index in [2.05, 4.69) is 52.7 Å². The predicted octanol–water partition coefficient (Wildman–Crippen LogP) is 4.14. The normalized spacial score (nSPS) is 15.9. The zero-order chi connectivity index (χ0) is 15.9. The fourth-order valence-corrected chi connectivity index (χ4v) is 3.43. The van der Waals surface area contributed by atoms with E-state index in [1.165, 1.54) is 24.0 Å². The van der Waals surface area contributed by atoms with Crippen LogP contribution in [0.5, 0.6) is 0 Å². The van der Waals surface area contributed by atoms with E-state index in [1.54, 1.807) is 0 Å². The summed E-state index contributed by atoms with van der Waals surface area (Å²) in [5, 5.41) is 4.28. The molecule has 1 fully saturated rings. The molecule has 1 aliphatic heterocycles. The Morgan fingerprint density at radius 3 is 2.30 bits per heavy atom. The van der Waals surface area contributed by atoms with Gasteiger partial charge in [-0.05, 0) is 55.6 Å². The van der Waals surface area contributed by atoms with Crippen molar-refractivity contribution < 1.29 is 0 Å². The van der Waals surface area contributed by atoms with Crippen LogP contribution in [-0.4, -0.2) is 30.6 Å². The van der Waals surface area contributed by atoms with E-state index in [1.807, 2.05) is 12.1 Å². The summed E-state index contributed by atoms with van der Waals surface area (Å²) in [6.45, 7) is 4.38. The minimum atomic E-state index is 0.677. The number of halogens is 1. The van der Waals surface area contributed by atoms with E-state index in [0.29, 0.717) is 6.04 Å². The van der Waals surface area contributed by atoms with E-state index in [9.17, 15) is 0 Å². The molecule has 0 saturated carbocycles. The Morgan fingerprint density at radius 1 is 0.913 bits per heavy atom. The topological polar surface area (TPSA) is 15.3 Å². The summed E-state index contributed by atoms with van der Waals surface area (Å²) >= 11 is 6.02. The lowest BCUT2D eigenvalue weighted by Gasteiger charge is -2.35. The smallest absolute Gasteiger partial charge is 0.0406 e. The highest BCUT2D eigenvalue weighted by Gasteiger charge is 2.20. The first-order chi connectivity index (χ1) is 11.3. The van der Waals surface area contributed by atoms with Gasteiger partial charge in [0.1, 0.15) is 0 Å². The molecule has 0 atom stereocenters. The SMILES string of the molecule is Clc1ccc(CN(CCc2ccccc2)C2CCNCC2)cc1. The van der Waals surface area contributed by atoms with Gasteiger partial charge in [-0.3, -0.25) is 4.90 Å². The van der Waals surface area contributed by atoms with Crippen LogP contribution in [-0.2, 0) is 13.0 Å². The summed E-state index contributed by atoms with van der Waals surface area (Å²) in [6, 6.07) is 19.8. The average molecular weight is 329 g/mol. The molecule has 0 amide bonds. The van der Waals surface area contributed by atoms with Crippen molar-refractivity contribution in [3.05, 3.63) is 70.7 Å². The Morgan fingerprint density at radius 2 is 1.61 bits per heavy atom. The van der Waals surface area contributed by atoms with Gasteiger partial charge in [0, 0.05) is 24.2 Å². The van der Waals surface area contributed by atoms with Gasteiger partial charge in [0.2, 0.25) is 0 Å². The second-order valence-electron chi connectivity index (χ2n) is 6.31. The van der Waals surface area contributed by atoms with Crippen LogP contribution >= 0.6 is 11.6 Å². The zero-order valence-corrected chi connectivity index (χ0v) is 14.3. The van der Waals surface area contributed by atoms with Gasteiger partial charge in [-0.2, -0.15) is 0 Å². The minimum Gasteiger partial charge on any atom is -0.317 e.